The number of nitrogens with zero attached hydrogens (tertiary/aromatic N) is 4. The van der Waals surface area contributed by atoms with Gasteiger partial charge >= 0.3 is 0 Å². The van der Waals surface area contributed by atoms with Crippen molar-refractivity contribution in [1.29, 1.82) is 0 Å². The van der Waals surface area contributed by atoms with Crippen LogP contribution in [0, 0.1) is 27.0 Å². The van der Waals surface area contributed by atoms with Crippen LogP contribution in [0.4, 0.5) is 11.4 Å². The molecule has 6 nitrogen and oxygen atoms in total. The van der Waals surface area contributed by atoms with Crippen molar-refractivity contribution in [1.82, 2.24) is 9.13 Å². The van der Waals surface area contributed by atoms with Gasteiger partial charge in [0, 0.05) is 68.1 Å². The lowest BCUT2D eigenvalue weighted by Crippen LogP contribution is -2.20. The van der Waals surface area contributed by atoms with Crippen LogP contribution in [0.25, 0.3) is 31.5 Å². The van der Waals surface area contributed by atoms with E-state index in [2.05, 4.69) is 75.2 Å². The molecule has 206 valence electrons. The second-order valence-electron chi connectivity index (χ2n) is 11.0. The van der Waals surface area contributed by atoms with Gasteiger partial charge in [0.1, 0.15) is 5.78 Å². The molecule has 0 saturated heterocycles. The van der Waals surface area contributed by atoms with Crippen LogP contribution in [0.5, 0.6) is 0 Å². The van der Waals surface area contributed by atoms with Gasteiger partial charge in [0.25, 0.3) is 0 Å². The molecule has 2 aliphatic carbocycles. The maximum absolute atomic E-state index is 11.4. The highest BCUT2D eigenvalue weighted by atomic mass is 79.9. The summed E-state index contributed by atoms with van der Waals surface area (Å²) >= 11 is 7.20. The smallest absolute Gasteiger partial charge is 0.190 e. The molecule has 2 aromatic carbocycles. The summed E-state index contributed by atoms with van der Waals surface area (Å²) in [5, 5.41) is 11.8. The van der Waals surface area contributed by atoms with E-state index in [0.717, 1.165) is 80.6 Å². The van der Waals surface area contributed by atoms with E-state index in [1.807, 2.05) is 26.0 Å². The van der Waals surface area contributed by atoms with Crippen LogP contribution in [-0.2, 0) is 4.79 Å². The fourth-order valence-corrected chi connectivity index (χ4v) is 7.16. The van der Waals surface area contributed by atoms with E-state index in [4.69, 9.17) is 13.1 Å². The summed E-state index contributed by atoms with van der Waals surface area (Å²) in [5.41, 5.74) is 5.79. The zero-order chi connectivity index (χ0) is 28.6. The summed E-state index contributed by atoms with van der Waals surface area (Å²) in [7, 11) is 0. The van der Waals surface area contributed by atoms with Gasteiger partial charge in [0.2, 0.25) is 0 Å². The summed E-state index contributed by atoms with van der Waals surface area (Å²) in [6.07, 6.45) is 11.1. The molecule has 1 N–H and O–H groups in total. The van der Waals surface area contributed by atoms with Gasteiger partial charge in [-0.15, -0.1) is 0 Å². The predicted octanol–water partition coefficient (Wildman–Crippen LogP) is 9.69. The third kappa shape index (κ3) is 5.63. The Labute approximate surface area is 251 Å². The summed E-state index contributed by atoms with van der Waals surface area (Å²) in [6.45, 7) is 18.4. The number of aryl methyl sites for hydroxylation is 2. The van der Waals surface area contributed by atoms with Crippen LogP contribution >= 0.6 is 31.9 Å². The zero-order valence-corrected chi connectivity index (χ0v) is 25.9. The van der Waals surface area contributed by atoms with Gasteiger partial charge in [0.15, 0.2) is 11.4 Å². The molecule has 6 rings (SSSR count). The Hall–Kier alpha value is -2.91. The minimum atomic E-state index is -0.132. The largest absolute Gasteiger partial charge is 0.393 e. The average molecular weight is 664 g/mol. The fourth-order valence-electron chi connectivity index (χ4n) is 6.08. The Bertz CT molecular complexity index is 1670. The molecule has 8 heteroatoms. The van der Waals surface area contributed by atoms with Crippen molar-refractivity contribution in [2.45, 2.75) is 83.4 Å². The predicted molar refractivity (Wildman–Crippen MR) is 167 cm³/mol. The van der Waals surface area contributed by atoms with E-state index in [-0.39, 0.29) is 6.10 Å². The molecule has 0 radical (unpaired) electrons. The monoisotopic (exact) mass is 662 g/mol. The summed E-state index contributed by atoms with van der Waals surface area (Å²) < 4.78 is 6.65. The lowest BCUT2D eigenvalue weighted by atomic mass is 9.93. The number of halogens is 2. The first-order chi connectivity index (χ1) is 19.2. The molecule has 40 heavy (non-hydrogen) atoms. The molecule has 0 aliphatic heterocycles. The molecule has 2 heterocycles. The number of carbonyl (C=O) groups is 1. The summed E-state index contributed by atoms with van der Waals surface area (Å²) in [4.78, 5) is 18.5. The Morgan fingerprint density at radius 1 is 0.750 bits per heavy atom. The van der Waals surface area contributed by atoms with Gasteiger partial charge in [0.05, 0.1) is 19.2 Å². The number of benzene rings is 2. The second kappa shape index (κ2) is 11.9. The van der Waals surface area contributed by atoms with Crippen molar-refractivity contribution in [3.05, 3.63) is 79.6 Å². The lowest BCUT2D eigenvalue weighted by molar-refractivity contribution is -0.120. The number of aliphatic hydroxyl groups excluding tert-OH is 1. The Balaban J connectivity index is 0.000000161. The topological polar surface area (TPSA) is 55.9 Å². The molecule has 4 aromatic rings. The molecular weight excluding hydrogens is 632 g/mol. The fraction of sp³-hybridized carbons (Fsp3) is 0.406. The third-order valence-corrected chi connectivity index (χ3v) is 9.67. The van der Waals surface area contributed by atoms with E-state index >= 15 is 0 Å². The van der Waals surface area contributed by atoms with Crippen molar-refractivity contribution >= 4 is 70.8 Å². The molecule has 0 spiro atoms. The standard InChI is InChI=1S/C16H17BrN2O.C16H15BrN2O/c2*1-10-7-16-13(8-15(10)18-2)14(17)9-19(16)11-3-5-12(20)6-4-11/h7-9,11-12,20H,3-6H2,1H3;7-9,11H,3-6H2,1H3. The van der Waals surface area contributed by atoms with E-state index in [0.29, 0.717) is 36.4 Å². The number of Topliss-reactive ketones (excluding diaryl/α,β-unsaturated/α-hetero) is 1. The molecule has 0 atom stereocenters. The van der Waals surface area contributed by atoms with E-state index < -0.39 is 0 Å². The van der Waals surface area contributed by atoms with E-state index in [9.17, 15) is 9.90 Å². The first kappa shape index (κ1) is 28.6. The van der Waals surface area contributed by atoms with Crippen LogP contribution in [0.3, 0.4) is 0 Å². The Kier molecular flexibility index (Phi) is 8.52. The SMILES string of the molecule is [C-]#[N+]c1cc2c(Br)cn(C3CCC(=O)CC3)c2cc1C.[C-]#[N+]c1cc2c(Br)cn(C3CCC(O)CC3)c2cc1C. The first-order valence-electron chi connectivity index (χ1n) is 13.8. The zero-order valence-electron chi connectivity index (χ0n) is 22.8. The van der Waals surface area contributed by atoms with Crippen molar-refractivity contribution in [2.24, 2.45) is 0 Å². The van der Waals surface area contributed by atoms with Crippen LogP contribution in [0.2, 0.25) is 0 Å². The average Bonchev–Trinajstić information content (AvgIpc) is 3.44. The Morgan fingerprint density at radius 2 is 1.18 bits per heavy atom. The van der Waals surface area contributed by atoms with E-state index in [1.54, 1.807) is 0 Å². The molecule has 2 aromatic heterocycles. The van der Waals surface area contributed by atoms with Crippen LogP contribution in [-0.4, -0.2) is 26.1 Å². The van der Waals surface area contributed by atoms with Gasteiger partial charge < -0.3 is 14.2 Å². The number of aliphatic hydroxyl groups is 1. The van der Waals surface area contributed by atoms with Crippen molar-refractivity contribution in [2.75, 3.05) is 0 Å². The number of ketones is 1. The van der Waals surface area contributed by atoms with Gasteiger partial charge in [-0.3, -0.25) is 4.79 Å². The highest BCUT2D eigenvalue weighted by Crippen LogP contribution is 2.39. The number of carbonyl (C=O) groups excluding carboxylic acids is 1. The van der Waals surface area contributed by atoms with Crippen LogP contribution < -0.4 is 0 Å². The summed E-state index contributed by atoms with van der Waals surface area (Å²) in [5.74, 6) is 0.378. The molecule has 0 unspecified atom stereocenters. The molecule has 0 amide bonds. The number of rotatable bonds is 2. The van der Waals surface area contributed by atoms with E-state index in [1.165, 1.54) is 5.52 Å². The number of aromatic nitrogens is 2. The van der Waals surface area contributed by atoms with Crippen molar-refractivity contribution in [3.63, 3.8) is 0 Å². The summed E-state index contributed by atoms with van der Waals surface area (Å²) in [6, 6.07) is 8.95. The van der Waals surface area contributed by atoms with Crippen LogP contribution in [0.15, 0.2) is 45.6 Å². The maximum Gasteiger partial charge on any atom is 0.190 e. The highest BCUT2D eigenvalue weighted by molar-refractivity contribution is 9.11. The van der Waals surface area contributed by atoms with Crippen LogP contribution in [0.1, 0.15) is 74.6 Å². The highest BCUT2D eigenvalue weighted by Gasteiger charge is 2.24. The molecule has 2 fully saturated rings. The third-order valence-electron chi connectivity index (χ3n) is 8.41. The maximum atomic E-state index is 11.4. The number of hydrogen-bond acceptors (Lipinski definition) is 2. The first-order valence-corrected chi connectivity index (χ1v) is 15.3. The van der Waals surface area contributed by atoms with Crippen molar-refractivity contribution < 1.29 is 9.90 Å². The Morgan fingerprint density at radius 3 is 1.60 bits per heavy atom. The molecule has 2 saturated carbocycles. The number of fused-ring (bicyclic) bond motifs is 2. The quantitative estimate of drug-likeness (QED) is 0.217. The minimum absolute atomic E-state index is 0.132. The second-order valence-corrected chi connectivity index (χ2v) is 12.7. The normalized spacial score (nSPS) is 19.7. The van der Waals surface area contributed by atoms with Gasteiger partial charge in [-0.25, -0.2) is 9.69 Å². The van der Waals surface area contributed by atoms with Gasteiger partial charge in [-0.2, -0.15) is 0 Å². The minimum Gasteiger partial charge on any atom is -0.393 e. The van der Waals surface area contributed by atoms with Gasteiger partial charge in [-0.1, -0.05) is 0 Å². The van der Waals surface area contributed by atoms with Gasteiger partial charge in [-0.05, 0) is 120 Å². The lowest BCUT2D eigenvalue weighted by Gasteiger charge is -2.27. The van der Waals surface area contributed by atoms with Crippen molar-refractivity contribution in [3.8, 4) is 0 Å². The molecule has 0 bridgehead atoms. The molecular formula is C32H32Br2N4O2. The number of hydrogen-bond donors (Lipinski definition) is 1. The molecule has 2 aliphatic rings.